The predicted octanol–water partition coefficient (Wildman–Crippen LogP) is 0.263. The molecule has 1 fully saturated rings. The molecule has 1 heterocycles. The maximum absolute atomic E-state index is 11.8. The fourth-order valence-corrected chi connectivity index (χ4v) is 1.93. The Kier molecular flexibility index (Phi) is 5.65. The van der Waals surface area contributed by atoms with Crippen molar-refractivity contribution < 1.29 is 9.90 Å². The van der Waals surface area contributed by atoms with Gasteiger partial charge in [0.05, 0.1) is 5.92 Å². The Bertz CT molecular complexity index is 191. The Labute approximate surface area is 91.4 Å². The quantitative estimate of drug-likeness (QED) is 0.615. The normalized spacial score (nSPS) is 23.5. The standard InChI is InChI=1S/C11H22N2O2/c1-2-10(5-7-14)13-11(15)9-4-3-6-12-8-9/h9-10,12,14H,2-8H2,1H3,(H,13,15). The summed E-state index contributed by atoms with van der Waals surface area (Å²) >= 11 is 0. The molecule has 0 aromatic carbocycles. The Morgan fingerprint density at radius 1 is 1.67 bits per heavy atom. The monoisotopic (exact) mass is 214 g/mol. The van der Waals surface area contributed by atoms with E-state index in [2.05, 4.69) is 10.6 Å². The summed E-state index contributed by atoms with van der Waals surface area (Å²) in [6, 6.07) is 0.129. The van der Waals surface area contributed by atoms with E-state index in [-0.39, 0.29) is 24.5 Å². The van der Waals surface area contributed by atoms with Crippen LogP contribution in [0.4, 0.5) is 0 Å². The summed E-state index contributed by atoms with van der Waals surface area (Å²) in [5.41, 5.74) is 0. The molecule has 0 aromatic rings. The number of aliphatic hydroxyl groups is 1. The van der Waals surface area contributed by atoms with Crippen LogP contribution >= 0.6 is 0 Å². The molecule has 88 valence electrons. The number of carbonyl (C=O) groups excluding carboxylic acids is 1. The van der Waals surface area contributed by atoms with E-state index in [1.807, 2.05) is 6.92 Å². The molecule has 2 unspecified atom stereocenters. The van der Waals surface area contributed by atoms with Crippen LogP contribution in [-0.4, -0.2) is 36.8 Å². The summed E-state index contributed by atoms with van der Waals surface area (Å²) in [5.74, 6) is 0.258. The molecule has 0 spiro atoms. The molecule has 1 rings (SSSR count). The van der Waals surface area contributed by atoms with Crippen molar-refractivity contribution in [2.75, 3.05) is 19.7 Å². The average Bonchev–Trinajstić information content (AvgIpc) is 2.29. The summed E-state index contributed by atoms with van der Waals surface area (Å²) in [6.07, 6.45) is 3.60. The molecule has 0 saturated carbocycles. The molecule has 0 radical (unpaired) electrons. The van der Waals surface area contributed by atoms with E-state index in [9.17, 15) is 4.79 Å². The van der Waals surface area contributed by atoms with E-state index in [0.29, 0.717) is 6.42 Å². The lowest BCUT2D eigenvalue weighted by molar-refractivity contribution is -0.126. The molecule has 0 aliphatic carbocycles. The molecule has 15 heavy (non-hydrogen) atoms. The van der Waals surface area contributed by atoms with Crippen LogP contribution in [0.2, 0.25) is 0 Å². The van der Waals surface area contributed by atoms with Gasteiger partial charge in [0.15, 0.2) is 0 Å². The van der Waals surface area contributed by atoms with Crippen LogP contribution in [-0.2, 0) is 4.79 Å². The summed E-state index contributed by atoms with van der Waals surface area (Å²) < 4.78 is 0. The zero-order chi connectivity index (χ0) is 11.1. The molecule has 0 aromatic heterocycles. The highest BCUT2D eigenvalue weighted by atomic mass is 16.3. The van der Waals surface area contributed by atoms with E-state index >= 15 is 0 Å². The minimum absolute atomic E-state index is 0.117. The van der Waals surface area contributed by atoms with Gasteiger partial charge in [-0.2, -0.15) is 0 Å². The molecular formula is C11H22N2O2. The molecule has 2 atom stereocenters. The Morgan fingerprint density at radius 3 is 3.00 bits per heavy atom. The fraction of sp³-hybridized carbons (Fsp3) is 0.909. The summed E-state index contributed by atoms with van der Waals surface area (Å²) in [5, 5.41) is 15.1. The van der Waals surface area contributed by atoms with Gasteiger partial charge in [-0.3, -0.25) is 4.79 Å². The van der Waals surface area contributed by atoms with Gasteiger partial charge in [0, 0.05) is 19.2 Å². The second-order valence-electron chi connectivity index (χ2n) is 4.17. The van der Waals surface area contributed by atoms with E-state index in [1.54, 1.807) is 0 Å². The van der Waals surface area contributed by atoms with Crippen molar-refractivity contribution in [1.29, 1.82) is 0 Å². The lowest BCUT2D eigenvalue weighted by Crippen LogP contribution is -2.44. The van der Waals surface area contributed by atoms with Crippen LogP contribution in [0.5, 0.6) is 0 Å². The Hall–Kier alpha value is -0.610. The van der Waals surface area contributed by atoms with E-state index in [1.165, 1.54) is 0 Å². The third-order valence-electron chi connectivity index (χ3n) is 2.98. The maximum atomic E-state index is 11.8. The topological polar surface area (TPSA) is 61.4 Å². The highest BCUT2D eigenvalue weighted by molar-refractivity contribution is 5.79. The number of amides is 1. The maximum Gasteiger partial charge on any atom is 0.224 e. The van der Waals surface area contributed by atoms with Gasteiger partial charge < -0.3 is 15.7 Å². The van der Waals surface area contributed by atoms with Gasteiger partial charge >= 0.3 is 0 Å². The fourth-order valence-electron chi connectivity index (χ4n) is 1.93. The van der Waals surface area contributed by atoms with Crippen molar-refractivity contribution >= 4 is 5.91 Å². The largest absolute Gasteiger partial charge is 0.396 e. The van der Waals surface area contributed by atoms with Crippen molar-refractivity contribution in [2.24, 2.45) is 5.92 Å². The first-order valence-corrected chi connectivity index (χ1v) is 5.89. The van der Waals surface area contributed by atoms with E-state index in [0.717, 1.165) is 32.4 Å². The zero-order valence-corrected chi connectivity index (χ0v) is 9.46. The number of rotatable bonds is 5. The highest BCUT2D eigenvalue weighted by Gasteiger charge is 2.22. The second kappa shape index (κ2) is 6.80. The third-order valence-corrected chi connectivity index (χ3v) is 2.98. The zero-order valence-electron chi connectivity index (χ0n) is 9.46. The number of hydrogen-bond donors (Lipinski definition) is 3. The molecule has 1 saturated heterocycles. The highest BCUT2D eigenvalue weighted by Crippen LogP contribution is 2.10. The van der Waals surface area contributed by atoms with Crippen LogP contribution in [0, 0.1) is 5.92 Å². The predicted molar refractivity (Wildman–Crippen MR) is 59.5 cm³/mol. The summed E-state index contributed by atoms with van der Waals surface area (Å²) in [4.78, 5) is 11.8. The molecule has 4 heteroatoms. The van der Waals surface area contributed by atoms with Crippen molar-refractivity contribution in [1.82, 2.24) is 10.6 Å². The Balaban J connectivity index is 2.31. The molecule has 3 N–H and O–H groups in total. The van der Waals surface area contributed by atoms with Gasteiger partial charge in [-0.05, 0) is 32.2 Å². The first-order valence-electron chi connectivity index (χ1n) is 5.89. The third kappa shape index (κ3) is 4.18. The van der Waals surface area contributed by atoms with E-state index < -0.39 is 0 Å². The number of aliphatic hydroxyl groups excluding tert-OH is 1. The molecule has 4 nitrogen and oxygen atoms in total. The SMILES string of the molecule is CCC(CCO)NC(=O)C1CCCNC1. The number of hydrogen-bond acceptors (Lipinski definition) is 3. The number of piperidine rings is 1. The van der Waals surface area contributed by atoms with Gasteiger partial charge in [0.1, 0.15) is 0 Å². The van der Waals surface area contributed by atoms with Crippen LogP contribution in [0.3, 0.4) is 0 Å². The van der Waals surface area contributed by atoms with Crippen molar-refractivity contribution in [2.45, 2.75) is 38.6 Å². The van der Waals surface area contributed by atoms with Crippen LogP contribution in [0.25, 0.3) is 0 Å². The average molecular weight is 214 g/mol. The lowest BCUT2D eigenvalue weighted by Gasteiger charge is -2.24. The van der Waals surface area contributed by atoms with Crippen molar-refractivity contribution in [3.05, 3.63) is 0 Å². The van der Waals surface area contributed by atoms with Crippen LogP contribution < -0.4 is 10.6 Å². The summed E-state index contributed by atoms with van der Waals surface area (Å²) in [7, 11) is 0. The van der Waals surface area contributed by atoms with Gasteiger partial charge in [-0.1, -0.05) is 6.92 Å². The minimum atomic E-state index is 0.117. The van der Waals surface area contributed by atoms with Gasteiger partial charge in [-0.25, -0.2) is 0 Å². The van der Waals surface area contributed by atoms with Gasteiger partial charge in [-0.15, -0.1) is 0 Å². The number of carbonyl (C=O) groups is 1. The van der Waals surface area contributed by atoms with E-state index in [4.69, 9.17) is 5.11 Å². The lowest BCUT2D eigenvalue weighted by atomic mass is 9.98. The molecule has 1 amide bonds. The Morgan fingerprint density at radius 2 is 2.47 bits per heavy atom. The minimum Gasteiger partial charge on any atom is -0.396 e. The van der Waals surface area contributed by atoms with Gasteiger partial charge in [0.2, 0.25) is 5.91 Å². The van der Waals surface area contributed by atoms with Crippen molar-refractivity contribution in [3.8, 4) is 0 Å². The summed E-state index contributed by atoms with van der Waals surface area (Å²) in [6.45, 7) is 3.99. The van der Waals surface area contributed by atoms with Crippen LogP contribution in [0.15, 0.2) is 0 Å². The molecule has 0 bridgehead atoms. The molecule has 1 aliphatic heterocycles. The van der Waals surface area contributed by atoms with Crippen LogP contribution in [0.1, 0.15) is 32.6 Å². The smallest absolute Gasteiger partial charge is 0.224 e. The molecule has 1 aliphatic rings. The van der Waals surface area contributed by atoms with Gasteiger partial charge in [0.25, 0.3) is 0 Å². The molecular weight excluding hydrogens is 192 g/mol. The first-order chi connectivity index (χ1) is 7.27. The second-order valence-corrected chi connectivity index (χ2v) is 4.17. The van der Waals surface area contributed by atoms with Crippen molar-refractivity contribution in [3.63, 3.8) is 0 Å². The first kappa shape index (κ1) is 12.5. The number of nitrogens with one attached hydrogen (secondary N) is 2.